The Hall–Kier alpha value is -5.95. The molecule has 0 radical (unpaired) electrons. The molecule has 0 bridgehead atoms. The summed E-state index contributed by atoms with van der Waals surface area (Å²) in [5.41, 5.74) is 38.4. The number of hydrogen-bond donors (Lipinski definition) is 19. The average molecular weight is 1080 g/mol. The van der Waals surface area contributed by atoms with E-state index >= 15 is 0 Å². The zero-order valence-corrected chi connectivity index (χ0v) is 43.9. The number of amides is 8. The Labute approximate surface area is 436 Å². The van der Waals surface area contributed by atoms with Crippen LogP contribution < -0.4 is 82.7 Å². The fourth-order valence-electron chi connectivity index (χ4n) is 6.29. The largest absolute Gasteiger partial charge is 0.480 e. The first-order chi connectivity index (χ1) is 33.9. The molecule has 0 unspecified atom stereocenters. The van der Waals surface area contributed by atoms with Crippen LogP contribution in [0.3, 0.4) is 0 Å². The van der Waals surface area contributed by atoms with Gasteiger partial charge in [-0.05, 0) is 50.4 Å². The SMILES string of the molecule is CC[C@H](C)[C@H](NC(=O)[C@H](CCCN=C(N)N)NC(=O)[C@H](CCCN=C(N)N)NC(=O)CNC(=O)[C@H](CS)NC(=O)[C@@H](NC(=O)[C@H](CS)NC(=O)[C@@H](N)CCCN=C(N)N)[C@@H](C)CC)C(=O)N[C@@H](CS)C(=O)O. The Kier molecular flexibility index (Phi) is 33.1. The van der Waals surface area contributed by atoms with Gasteiger partial charge in [0, 0.05) is 36.9 Å². The molecular formula is C41H78N18O10S3. The second kappa shape index (κ2) is 36.0. The molecule has 10 atom stereocenters. The van der Waals surface area contributed by atoms with Crippen LogP contribution in [0.25, 0.3) is 0 Å². The molecule has 28 nitrogen and oxygen atoms in total. The van der Waals surface area contributed by atoms with E-state index in [-0.39, 0.29) is 86.9 Å². The van der Waals surface area contributed by atoms with Gasteiger partial charge < -0.3 is 87.8 Å². The van der Waals surface area contributed by atoms with Crippen molar-refractivity contribution in [1.29, 1.82) is 0 Å². The van der Waals surface area contributed by atoms with Crippen molar-refractivity contribution >= 4 is 109 Å². The summed E-state index contributed by atoms with van der Waals surface area (Å²) in [6.07, 6.45) is 1.55. The molecule has 8 amide bonds. The summed E-state index contributed by atoms with van der Waals surface area (Å²) in [6.45, 7) is 6.49. The first kappa shape index (κ1) is 66.0. The molecule has 0 saturated carbocycles. The van der Waals surface area contributed by atoms with E-state index in [2.05, 4.69) is 95.4 Å². The van der Waals surface area contributed by atoms with E-state index in [1.54, 1.807) is 27.7 Å². The summed E-state index contributed by atoms with van der Waals surface area (Å²) in [6, 6.07) is -10.0. The van der Waals surface area contributed by atoms with Crippen molar-refractivity contribution in [3.8, 4) is 0 Å². The van der Waals surface area contributed by atoms with Gasteiger partial charge in [-0.1, -0.05) is 40.5 Å². The molecule has 0 spiro atoms. The number of carboxylic acid groups (broad SMARTS) is 1. The van der Waals surface area contributed by atoms with Crippen molar-refractivity contribution in [3.05, 3.63) is 0 Å². The van der Waals surface area contributed by atoms with Crippen LogP contribution in [-0.4, -0.2) is 168 Å². The summed E-state index contributed by atoms with van der Waals surface area (Å²) in [5.74, 6) is -9.88. The number of nitrogens with two attached hydrogens (primary N) is 7. The van der Waals surface area contributed by atoms with Gasteiger partial charge in [0.15, 0.2) is 17.9 Å². The van der Waals surface area contributed by atoms with Crippen molar-refractivity contribution in [3.63, 3.8) is 0 Å². The van der Waals surface area contributed by atoms with E-state index in [1.165, 1.54) is 0 Å². The second-order valence-electron chi connectivity index (χ2n) is 16.7. The van der Waals surface area contributed by atoms with E-state index in [4.69, 9.17) is 40.1 Å². The number of nitrogens with zero attached hydrogens (tertiary/aromatic N) is 3. The van der Waals surface area contributed by atoms with Gasteiger partial charge in [0.25, 0.3) is 0 Å². The molecule has 23 N–H and O–H groups in total. The van der Waals surface area contributed by atoms with Gasteiger partial charge in [0.05, 0.1) is 12.6 Å². The Balaban J connectivity index is 6.23. The number of aliphatic carboxylic acids is 1. The number of nitrogens with one attached hydrogen (secondary N) is 8. The third-order valence-electron chi connectivity index (χ3n) is 10.9. The zero-order chi connectivity index (χ0) is 55.1. The highest BCUT2D eigenvalue weighted by Gasteiger charge is 2.35. The molecule has 0 aromatic carbocycles. The fourth-order valence-corrected chi connectivity index (χ4v) is 7.05. The van der Waals surface area contributed by atoms with Gasteiger partial charge in [-0.15, -0.1) is 0 Å². The first-order valence-corrected chi connectivity index (χ1v) is 25.1. The Morgan fingerprint density at radius 1 is 0.472 bits per heavy atom. The second-order valence-corrected chi connectivity index (χ2v) is 17.8. The van der Waals surface area contributed by atoms with Crippen LogP contribution in [0.5, 0.6) is 0 Å². The molecule has 410 valence electrons. The Morgan fingerprint density at radius 2 is 0.819 bits per heavy atom. The van der Waals surface area contributed by atoms with Crippen LogP contribution in [0.4, 0.5) is 0 Å². The minimum Gasteiger partial charge on any atom is -0.480 e. The lowest BCUT2D eigenvalue weighted by molar-refractivity contribution is -0.142. The summed E-state index contributed by atoms with van der Waals surface area (Å²) < 4.78 is 0. The first-order valence-electron chi connectivity index (χ1n) is 23.2. The third-order valence-corrected chi connectivity index (χ3v) is 12.0. The topological polar surface area (TPSA) is 489 Å². The maximum absolute atomic E-state index is 13.9. The molecule has 72 heavy (non-hydrogen) atoms. The summed E-state index contributed by atoms with van der Waals surface area (Å²) >= 11 is 12.4. The highest BCUT2D eigenvalue weighted by atomic mass is 32.1. The third kappa shape index (κ3) is 26.5. The molecular weight excluding hydrogens is 1000 g/mol. The van der Waals surface area contributed by atoms with Crippen molar-refractivity contribution < 1.29 is 48.3 Å². The average Bonchev–Trinajstić information content (AvgIpc) is 3.33. The number of thiol groups is 3. The van der Waals surface area contributed by atoms with Gasteiger partial charge in [0.1, 0.15) is 42.3 Å². The minimum atomic E-state index is -1.36. The van der Waals surface area contributed by atoms with E-state index < -0.39 is 120 Å². The normalized spacial score (nSPS) is 15.0. The maximum Gasteiger partial charge on any atom is 0.327 e. The number of carboxylic acids is 1. The quantitative estimate of drug-likeness (QED) is 0.0120. The molecule has 31 heteroatoms. The predicted octanol–water partition coefficient (Wildman–Crippen LogP) is -6.05. The Morgan fingerprint density at radius 3 is 1.22 bits per heavy atom. The van der Waals surface area contributed by atoms with Gasteiger partial charge >= 0.3 is 5.97 Å². The summed E-state index contributed by atoms with van der Waals surface area (Å²) in [5, 5.41) is 29.6. The van der Waals surface area contributed by atoms with Gasteiger partial charge in [-0.25, -0.2) is 4.79 Å². The minimum absolute atomic E-state index is 0.0405. The van der Waals surface area contributed by atoms with Crippen LogP contribution in [0.15, 0.2) is 15.0 Å². The number of carbonyl (C=O) groups excluding carboxylic acids is 8. The molecule has 0 aliphatic carbocycles. The summed E-state index contributed by atoms with van der Waals surface area (Å²) in [7, 11) is 0. The lowest BCUT2D eigenvalue weighted by Gasteiger charge is -2.28. The number of guanidine groups is 3. The highest BCUT2D eigenvalue weighted by Crippen LogP contribution is 2.12. The fraction of sp³-hybridized carbons (Fsp3) is 0.707. The van der Waals surface area contributed by atoms with Crippen molar-refractivity contribution in [1.82, 2.24) is 42.5 Å². The number of hydrogen-bond acceptors (Lipinski definition) is 16. The number of aliphatic imine (C=N–C) groups is 3. The number of carbonyl (C=O) groups is 9. The molecule has 0 heterocycles. The molecule has 0 aromatic heterocycles. The smallest absolute Gasteiger partial charge is 0.327 e. The zero-order valence-electron chi connectivity index (χ0n) is 41.2. The van der Waals surface area contributed by atoms with Crippen molar-refractivity contribution in [2.75, 3.05) is 43.4 Å². The van der Waals surface area contributed by atoms with Gasteiger partial charge in [-0.2, -0.15) is 37.9 Å². The standard InChI is InChI=1S/C41H78N18O10S3/c1-5-20(3)29(59-35(65)26(18-71)55-31(61)22(42)10-7-13-49-39(43)44)36(66)56-25(17-70)32(62)52-16-28(60)53-23(11-8-14-50-40(45)46)33(63)54-24(12-9-15-51-41(47)48)34(64)58-30(21(4)6-2)37(67)57-27(19-72)38(68)69/h20-27,29-30,70-72H,5-19,42H2,1-4H3,(H,52,62)(H,53,60)(H,54,63)(H,55,61)(H,56,66)(H,57,67)(H,58,64)(H,59,65)(H,68,69)(H4,43,44,49)(H4,45,46,50)(H4,47,48,51)/t20-,21-,22-,23-,24-,25-,26-,27-,29-,30-/m0/s1. The monoisotopic (exact) mass is 1080 g/mol. The molecule has 0 aromatic rings. The predicted molar refractivity (Wildman–Crippen MR) is 282 cm³/mol. The van der Waals surface area contributed by atoms with E-state index in [1.807, 2.05) is 0 Å². The van der Waals surface area contributed by atoms with Crippen LogP contribution >= 0.6 is 37.9 Å². The lowest BCUT2D eigenvalue weighted by atomic mass is 9.97. The van der Waals surface area contributed by atoms with Gasteiger partial charge in [-0.3, -0.25) is 53.3 Å². The van der Waals surface area contributed by atoms with Crippen molar-refractivity contribution in [2.45, 2.75) is 127 Å². The molecule has 0 saturated heterocycles. The molecule has 0 fully saturated rings. The number of rotatable bonds is 36. The van der Waals surface area contributed by atoms with E-state index in [0.717, 1.165) is 0 Å². The maximum atomic E-state index is 13.9. The van der Waals surface area contributed by atoms with E-state index in [0.29, 0.717) is 19.3 Å². The molecule has 0 aliphatic rings. The van der Waals surface area contributed by atoms with Gasteiger partial charge in [0.2, 0.25) is 47.3 Å². The highest BCUT2D eigenvalue weighted by molar-refractivity contribution is 7.80. The van der Waals surface area contributed by atoms with E-state index in [9.17, 15) is 48.3 Å². The summed E-state index contributed by atoms with van der Waals surface area (Å²) in [4.78, 5) is 131. The van der Waals surface area contributed by atoms with Crippen LogP contribution in [0, 0.1) is 11.8 Å². The van der Waals surface area contributed by atoms with Crippen LogP contribution in [-0.2, 0) is 43.2 Å². The molecule has 0 aliphatic heterocycles. The van der Waals surface area contributed by atoms with Crippen LogP contribution in [0.1, 0.15) is 79.1 Å². The Bertz CT molecular complexity index is 1890. The van der Waals surface area contributed by atoms with Crippen LogP contribution in [0.2, 0.25) is 0 Å². The molecule has 0 rings (SSSR count). The lowest BCUT2D eigenvalue weighted by Crippen LogP contribution is -2.60. The van der Waals surface area contributed by atoms with Crippen molar-refractivity contribution in [2.24, 2.45) is 66.9 Å².